The van der Waals surface area contributed by atoms with Gasteiger partial charge in [0.2, 0.25) is 0 Å². The monoisotopic (exact) mass is 193 g/mol. The van der Waals surface area contributed by atoms with Crippen LogP contribution in [0.3, 0.4) is 0 Å². The van der Waals surface area contributed by atoms with E-state index in [0.29, 0.717) is 0 Å². The molecule has 3 heteroatoms. The summed E-state index contributed by atoms with van der Waals surface area (Å²) < 4.78 is 1.76. The van der Waals surface area contributed by atoms with E-state index in [1.54, 1.807) is 4.52 Å². The lowest BCUT2D eigenvalue weighted by Crippen LogP contribution is -1.83. The molecule has 0 spiro atoms. The standard InChI is InChI=1S/C7H7N3.2C2H6/c1-6-8-7-4-2-3-5-10(7)9-6;2*1-2/h2-5H,1H3;2*1-2H3. The summed E-state index contributed by atoms with van der Waals surface area (Å²) in [6, 6.07) is 5.81. The third-order valence-electron chi connectivity index (χ3n) is 1.35. The minimum absolute atomic E-state index is 0.811. The van der Waals surface area contributed by atoms with Gasteiger partial charge in [-0.15, -0.1) is 0 Å². The van der Waals surface area contributed by atoms with E-state index in [4.69, 9.17) is 0 Å². The van der Waals surface area contributed by atoms with Crippen LogP contribution in [0.5, 0.6) is 0 Å². The van der Waals surface area contributed by atoms with Gasteiger partial charge in [-0.1, -0.05) is 33.8 Å². The number of aryl methyl sites for hydroxylation is 1. The maximum Gasteiger partial charge on any atom is 0.155 e. The van der Waals surface area contributed by atoms with E-state index in [0.717, 1.165) is 11.5 Å². The molecule has 2 aromatic rings. The number of hydrogen-bond donors (Lipinski definition) is 0. The molecule has 2 rings (SSSR count). The predicted octanol–water partition coefficient (Wildman–Crippen LogP) is 3.09. The quantitative estimate of drug-likeness (QED) is 0.643. The van der Waals surface area contributed by atoms with Crippen molar-refractivity contribution in [1.29, 1.82) is 0 Å². The molecule has 0 amide bonds. The van der Waals surface area contributed by atoms with Crippen LogP contribution in [0.15, 0.2) is 24.4 Å². The zero-order valence-electron chi connectivity index (χ0n) is 9.65. The van der Waals surface area contributed by atoms with Gasteiger partial charge in [0.05, 0.1) is 0 Å². The van der Waals surface area contributed by atoms with E-state index in [2.05, 4.69) is 10.1 Å². The molecule has 3 nitrogen and oxygen atoms in total. The molecule has 0 aliphatic rings. The molecule has 0 aliphatic heterocycles. The highest BCUT2D eigenvalue weighted by molar-refractivity contribution is 5.35. The van der Waals surface area contributed by atoms with Crippen LogP contribution in [0.2, 0.25) is 0 Å². The van der Waals surface area contributed by atoms with Crippen LogP contribution in [0, 0.1) is 6.92 Å². The molecule has 14 heavy (non-hydrogen) atoms. The van der Waals surface area contributed by atoms with Crippen molar-refractivity contribution in [3.05, 3.63) is 30.2 Å². The first-order valence-corrected chi connectivity index (χ1v) is 5.14. The average molecular weight is 193 g/mol. The molecule has 0 radical (unpaired) electrons. The Morgan fingerprint density at radius 2 is 1.71 bits per heavy atom. The third-order valence-corrected chi connectivity index (χ3v) is 1.35. The lowest BCUT2D eigenvalue weighted by molar-refractivity contribution is 0.931. The molecule has 0 saturated carbocycles. The number of rotatable bonds is 0. The van der Waals surface area contributed by atoms with Crippen molar-refractivity contribution in [1.82, 2.24) is 14.6 Å². The van der Waals surface area contributed by atoms with Crippen LogP contribution in [-0.4, -0.2) is 14.6 Å². The number of nitrogens with zero attached hydrogens (tertiary/aromatic N) is 3. The first kappa shape index (κ1) is 12.6. The average Bonchev–Trinajstić information content (AvgIpc) is 2.64. The lowest BCUT2D eigenvalue weighted by Gasteiger charge is -1.84. The summed E-state index contributed by atoms with van der Waals surface area (Å²) >= 11 is 0. The van der Waals surface area contributed by atoms with Gasteiger partial charge in [0.1, 0.15) is 5.82 Å². The smallest absolute Gasteiger partial charge is 0.155 e. The number of pyridine rings is 1. The highest BCUT2D eigenvalue weighted by Crippen LogP contribution is 1.97. The Morgan fingerprint density at radius 3 is 2.29 bits per heavy atom. The van der Waals surface area contributed by atoms with Crippen molar-refractivity contribution in [2.45, 2.75) is 34.6 Å². The molecule has 0 N–H and O–H groups in total. The minimum atomic E-state index is 0.811. The van der Waals surface area contributed by atoms with Gasteiger partial charge in [0.25, 0.3) is 0 Å². The van der Waals surface area contributed by atoms with Crippen LogP contribution in [0.1, 0.15) is 33.5 Å². The predicted molar refractivity (Wildman–Crippen MR) is 60.4 cm³/mol. The summed E-state index contributed by atoms with van der Waals surface area (Å²) in [7, 11) is 0. The Bertz CT molecular complexity index is 319. The number of aromatic nitrogens is 3. The third kappa shape index (κ3) is 3.17. The fraction of sp³-hybridized carbons (Fsp3) is 0.455. The van der Waals surface area contributed by atoms with Gasteiger partial charge in [0.15, 0.2) is 5.65 Å². The van der Waals surface area contributed by atoms with Crippen molar-refractivity contribution >= 4 is 5.65 Å². The molecular formula is C11H19N3. The zero-order chi connectivity index (χ0) is 11.0. The topological polar surface area (TPSA) is 30.2 Å². The molecule has 0 bridgehead atoms. The van der Waals surface area contributed by atoms with Gasteiger partial charge in [-0.3, -0.25) is 0 Å². The van der Waals surface area contributed by atoms with Gasteiger partial charge in [0, 0.05) is 6.20 Å². The summed E-state index contributed by atoms with van der Waals surface area (Å²) in [6.07, 6.45) is 1.88. The molecule has 2 heterocycles. The molecule has 0 aliphatic carbocycles. The zero-order valence-corrected chi connectivity index (χ0v) is 9.65. The Kier molecular flexibility index (Phi) is 6.37. The van der Waals surface area contributed by atoms with E-state index in [1.807, 2.05) is 59.0 Å². The summed E-state index contributed by atoms with van der Waals surface area (Å²) in [5.41, 5.74) is 0.903. The van der Waals surface area contributed by atoms with Crippen molar-refractivity contribution in [2.24, 2.45) is 0 Å². The van der Waals surface area contributed by atoms with E-state index in [1.165, 1.54) is 0 Å². The molecular weight excluding hydrogens is 174 g/mol. The van der Waals surface area contributed by atoms with Crippen molar-refractivity contribution in [2.75, 3.05) is 0 Å². The Hall–Kier alpha value is -1.38. The highest BCUT2D eigenvalue weighted by Gasteiger charge is 1.93. The van der Waals surface area contributed by atoms with Gasteiger partial charge < -0.3 is 0 Å². The molecule has 0 unspecified atom stereocenters. The first-order chi connectivity index (χ1) is 6.86. The molecule has 0 atom stereocenters. The van der Waals surface area contributed by atoms with E-state index >= 15 is 0 Å². The van der Waals surface area contributed by atoms with Crippen molar-refractivity contribution in [3.8, 4) is 0 Å². The SMILES string of the molecule is CC.CC.Cc1nc2ccccn2n1. The number of fused-ring (bicyclic) bond motifs is 1. The minimum Gasteiger partial charge on any atom is -0.221 e. The van der Waals surface area contributed by atoms with Crippen LogP contribution >= 0.6 is 0 Å². The van der Waals surface area contributed by atoms with Gasteiger partial charge in [-0.2, -0.15) is 5.10 Å². The second-order valence-corrected chi connectivity index (χ2v) is 2.16. The summed E-state index contributed by atoms with van der Waals surface area (Å²) in [5, 5.41) is 4.12. The van der Waals surface area contributed by atoms with E-state index in [9.17, 15) is 0 Å². The van der Waals surface area contributed by atoms with E-state index in [-0.39, 0.29) is 0 Å². The Morgan fingerprint density at radius 1 is 1.07 bits per heavy atom. The molecule has 0 aromatic carbocycles. The van der Waals surface area contributed by atoms with E-state index < -0.39 is 0 Å². The van der Waals surface area contributed by atoms with Gasteiger partial charge in [-0.25, -0.2) is 9.50 Å². The highest BCUT2D eigenvalue weighted by atomic mass is 15.3. The normalized spacial score (nSPS) is 8.36. The van der Waals surface area contributed by atoms with Crippen LogP contribution in [-0.2, 0) is 0 Å². The molecule has 0 saturated heterocycles. The maximum atomic E-state index is 4.16. The van der Waals surface area contributed by atoms with Gasteiger partial charge in [-0.05, 0) is 19.1 Å². The number of hydrogen-bond acceptors (Lipinski definition) is 2. The van der Waals surface area contributed by atoms with Crippen LogP contribution in [0.4, 0.5) is 0 Å². The Balaban J connectivity index is 0.000000379. The fourth-order valence-corrected chi connectivity index (χ4v) is 0.943. The Labute approximate surface area is 85.8 Å². The largest absolute Gasteiger partial charge is 0.221 e. The maximum absolute atomic E-state index is 4.16. The van der Waals surface area contributed by atoms with Gasteiger partial charge >= 0.3 is 0 Å². The molecule has 78 valence electrons. The summed E-state index contributed by atoms with van der Waals surface area (Å²) in [4.78, 5) is 4.16. The fourth-order valence-electron chi connectivity index (χ4n) is 0.943. The summed E-state index contributed by atoms with van der Waals surface area (Å²) in [5.74, 6) is 0.811. The van der Waals surface area contributed by atoms with Crippen LogP contribution < -0.4 is 0 Å². The molecule has 0 fully saturated rings. The molecule has 2 aromatic heterocycles. The lowest BCUT2D eigenvalue weighted by atomic mass is 10.5. The van der Waals surface area contributed by atoms with Crippen molar-refractivity contribution < 1.29 is 0 Å². The first-order valence-electron chi connectivity index (χ1n) is 5.14. The van der Waals surface area contributed by atoms with Crippen LogP contribution in [0.25, 0.3) is 5.65 Å². The van der Waals surface area contributed by atoms with Crippen molar-refractivity contribution in [3.63, 3.8) is 0 Å². The second-order valence-electron chi connectivity index (χ2n) is 2.16. The second kappa shape index (κ2) is 7.06. The summed E-state index contributed by atoms with van der Waals surface area (Å²) in [6.45, 7) is 9.88.